The summed E-state index contributed by atoms with van der Waals surface area (Å²) in [4.78, 5) is 22.9. The molecule has 1 N–H and O–H groups in total. The molecule has 2 rings (SSSR count). The zero-order valence-corrected chi connectivity index (χ0v) is 12.9. The van der Waals surface area contributed by atoms with Gasteiger partial charge in [0.2, 0.25) is 0 Å². The van der Waals surface area contributed by atoms with Crippen LogP contribution in [0, 0.1) is 22.4 Å². The predicted octanol–water partition coefficient (Wildman–Crippen LogP) is 2.47. The molecule has 0 aliphatic heterocycles. The Bertz CT molecular complexity index is 811. The highest BCUT2D eigenvalue weighted by Gasteiger charge is 2.18. The molecule has 2 aromatic rings. The second kappa shape index (κ2) is 6.87. The summed E-state index contributed by atoms with van der Waals surface area (Å²) in [5.74, 6) is -0.170. The third-order valence-electron chi connectivity index (χ3n) is 3.28. The summed E-state index contributed by atoms with van der Waals surface area (Å²) in [6.07, 6.45) is 1.65. The van der Waals surface area contributed by atoms with E-state index in [1.807, 2.05) is 6.92 Å². The number of carbonyl (C=O) groups excluding carboxylic acids is 1. The molecule has 0 saturated carbocycles. The molecule has 1 aromatic carbocycles. The molecule has 0 fully saturated rings. The van der Waals surface area contributed by atoms with E-state index in [1.54, 1.807) is 25.3 Å². The van der Waals surface area contributed by atoms with Gasteiger partial charge < -0.3 is 9.30 Å². The number of aryl methyl sites for hydroxylation is 1. The van der Waals surface area contributed by atoms with E-state index in [1.165, 1.54) is 22.8 Å². The van der Waals surface area contributed by atoms with Crippen LogP contribution < -0.4 is 10.2 Å². The Hall–Kier alpha value is -2.96. The van der Waals surface area contributed by atoms with Gasteiger partial charge in [-0.2, -0.15) is 0 Å². The third-order valence-corrected chi connectivity index (χ3v) is 3.28. The number of ketones is 1. The normalized spacial score (nSPS) is 10.3. The van der Waals surface area contributed by atoms with Crippen molar-refractivity contribution in [1.82, 2.24) is 4.57 Å². The molecule has 0 aliphatic carbocycles. The van der Waals surface area contributed by atoms with Gasteiger partial charge in [0.15, 0.2) is 11.5 Å². The van der Waals surface area contributed by atoms with Crippen LogP contribution in [0.3, 0.4) is 0 Å². The summed E-state index contributed by atoms with van der Waals surface area (Å²) in [7, 11) is 0. The molecule has 0 aliphatic rings. The van der Waals surface area contributed by atoms with Gasteiger partial charge in [-0.25, -0.2) is 0 Å². The van der Waals surface area contributed by atoms with E-state index in [0.29, 0.717) is 6.61 Å². The number of Topliss-reactive ketones (excluding diaryl/α,β-unsaturated/α-hetero) is 1. The fourth-order valence-corrected chi connectivity index (χ4v) is 2.13. The minimum absolute atomic E-state index is 0.0513. The maximum atomic E-state index is 12.3. The lowest BCUT2D eigenvalue weighted by molar-refractivity contribution is -0.385. The minimum atomic E-state index is -0.573. The van der Waals surface area contributed by atoms with Gasteiger partial charge in [-0.15, -0.1) is 0 Å². The highest BCUT2D eigenvalue weighted by molar-refractivity contribution is 5.96. The third kappa shape index (κ3) is 3.82. The fraction of sp³-hybridized carbons (Fsp3) is 0.250. The average Bonchev–Trinajstić information content (AvgIpc) is 2.50. The number of hydrogen-bond acceptors (Lipinski definition) is 5. The number of carbonyl (C=O) groups is 1. The standard InChI is InChI=1S/C16H17N3O4/c1-3-23-15-5-4-12(9-13(15)19(21)22)14(20)10-18-7-6-11(2)8-16(18)17/h4-9,17H,3,10H2,1-2H3. The highest BCUT2D eigenvalue weighted by atomic mass is 16.6. The number of benzene rings is 1. The minimum Gasteiger partial charge on any atom is -0.487 e. The maximum absolute atomic E-state index is 12.3. The summed E-state index contributed by atoms with van der Waals surface area (Å²) in [6.45, 7) is 3.84. The van der Waals surface area contributed by atoms with E-state index in [-0.39, 0.29) is 34.8 Å². The summed E-state index contributed by atoms with van der Waals surface area (Å²) < 4.78 is 6.68. The fourth-order valence-electron chi connectivity index (χ4n) is 2.13. The van der Waals surface area contributed by atoms with Crippen LogP contribution in [0.2, 0.25) is 0 Å². The van der Waals surface area contributed by atoms with E-state index in [9.17, 15) is 14.9 Å². The molecular weight excluding hydrogens is 298 g/mol. The summed E-state index contributed by atoms with van der Waals surface area (Å²) in [5, 5.41) is 18.9. The number of nitro benzene ring substituents is 1. The van der Waals surface area contributed by atoms with Crippen LogP contribution >= 0.6 is 0 Å². The van der Waals surface area contributed by atoms with Crippen LogP contribution in [0.1, 0.15) is 22.8 Å². The number of aromatic nitrogens is 1. The van der Waals surface area contributed by atoms with Gasteiger partial charge in [-0.05, 0) is 43.7 Å². The summed E-state index contributed by atoms with van der Waals surface area (Å²) in [5.41, 5.74) is 1.11. The molecule has 0 atom stereocenters. The predicted molar refractivity (Wildman–Crippen MR) is 83.6 cm³/mol. The van der Waals surface area contributed by atoms with Crippen LogP contribution in [-0.2, 0) is 6.54 Å². The number of nitrogens with one attached hydrogen (secondary N) is 1. The molecular formula is C16H17N3O4. The van der Waals surface area contributed by atoms with Gasteiger partial charge in [-0.1, -0.05) is 0 Å². The zero-order valence-electron chi connectivity index (χ0n) is 12.9. The van der Waals surface area contributed by atoms with Crippen molar-refractivity contribution in [2.24, 2.45) is 0 Å². The van der Waals surface area contributed by atoms with E-state index in [2.05, 4.69) is 0 Å². The molecule has 23 heavy (non-hydrogen) atoms. The Morgan fingerprint density at radius 2 is 2.09 bits per heavy atom. The van der Waals surface area contributed by atoms with Gasteiger partial charge in [0.05, 0.1) is 18.1 Å². The molecule has 0 spiro atoms. The van der Waals surface area contributed by atoms with Crippen LogP contribution in [0.15, 0.2) is 36.5 Å². The van der Waals surface area contributed by atoms with E-state index in [0.717, 1.165) is 5.56 Å². The Morgan fingerprint density at radius 1 is 1.35 bits per heavy atom. The van der Waals surface area contributed by atoms with Crippen molar-refractivity contribution < 1.29 is 14.5 Å². The molecule has 120 valence electrons. The maximum Gasteiger partial charge on any atom is 0.311 e. The second-order valence-corrected chi connectivity index (χ2v) is 5.01. The monoisotopic (exact) mass is 315 g/mol. The number of pyridine rings is 1. The topological polar surface area (TPSA) is 98.2 Å². The Kier molecular flexibility index (Phi) is 4.90. The first-order valence-electron chi connectivity index (χ1n) is 7.08. The molecule has 0 amide bonds. The first-order chi connectivity index (χ1) is 10.9. The highest BCUT2D eigenvalue weighted by Crippen LogP contribution is 2.28. The number of rotatable bonds is 6. The average molecular weight is 315 g/mol. The first kappa shape index (κ1) is 16.4. The van der Waals surface area contributed by atoms with Gasteiger partial charge in [0, 0.05) is 17.8 Å². The first-order valence-corrected chi connectivity index (χ1v) is 7.08. The molecule has 7 heteroatoms. The number of hydrogen-bond donors (Lipinski definition) is 1. The molecule has 0 saturated heterocycles. The van der Waals surface area contributed by atoms with Crippen molar-refractivity contribution in [3.05, 3.63) is 63.3 Å². The van der Waals surface area contributed by atoms with Gasteiger partial charge in [-0.3, -0.25) is 20.3 Å². The second-order valence-electron chi connectivity index (χ2n) is 5.01. The molecule has 1 heterocycles. The van der Waals surface area contributed by atoms with Crippen molar-refractivity contribution in [2.75, 3.05) is 6.61 Å². The molecule has 7 nitrogen and oxygen atoms in total. The van der Waals surface area contributed by atoms with Crippen molar-refractivity contribution in [3.63, 3.8) is 0 Å². The lowest BCUT2D eigenvalue weighted by Crippen LogP contribution is -2.23. The van der Waals surface area contributed by atoms with Gasteiger partial charge in [0.25, 0.3) is 0 Å². The SMILES string of the molecule is CCOc1ccc(C(=O)Cn2ccc(C)cc2=N)cc1[N+](=O)[O-]. The number of ether oxygens (including phenoxy) is 1. The summed E-state index contributed by atoms with van der Waals surface area (Å²) in [6, 6.07) is 7.58. The van der Waals surface area contributed by atoms with Gasteiger partial charge >= 0.3 is 5.69 Å². The van der Waals surface area contributed by atoms with Crippen molar-refractivity contribution in [3.8, 4) is 5.75 Å². The lowest BCUT2D eigenvalue weighted by Gasteiger charge is -2.08. The zero-order chi connectivity index (χ0) is 17.0. The van der Waals surface area contributed by atoms with Crippen molar-refractivity contribution in [2.45, 2.75) is 20.4 Å². The van der Waals surface area contributed by atoms with Crippen LogP contribution in [0.25, 0.3) is 0 Å². The van der Waals surface area contributed by atoms with Crippen LogP contribution in [0.4, 0.5) is 5.69 Å². The number of nitrogens with zero attached hydrogens (tertiary/aromatic N) is 2. The Labute approximate surface area is 132 Å². The largest absolute Gasteiger partial charge is 0.487 e. The Morgan fingerprint density at radius 3 is 2.70 bits per heavy atom. The van der Waals surface area contributed by atoms with Gasteiger partial charge in [0.1, 0.15) is 5.49 Å². The van der Waals surface area contributed by atoms with E-state index in [4.69, 9.17) is 10.1 Å². The smallest absolute Gasteiger partial charge is 0.311 e. The molecule has 0 radical (unpaired) electrons. The number of nitro groups is 1. The van der Waals surface area contributed by atoms with E-state index < -0.39 is 4.92 Å². The quantitative estimate of drug-likeness (QED) is 0.503. The molecule has 0 bridgehead atoms. The van der Waals surface area contributed by atoms with E-state index >= 15 is 0 Å². The van der Waals surface area contributed by atoms with Crippen molar-refractivity contribution >= 4 is 11.5 Å². The molecule has 1 aromatic heterocycles. The Balaban J connectivity index is 2.30. The summed E-state index contributed by atoms with van der Waals surface area (Å²) >= 11 is 0. The van der Waals surface area contributed by atoms with Crippen molar-refractivity contribution in [1.29, 1.82) is 5.41 Å². The molecule has 0 unspecified atom stereocenters. The van der Waals surface area contributed by atoms with Crippen LogP contribution in [-0.4, -0.2) is 21.9 Å². The lowest BCUT2D eigenvalue weighted by atomic mass is 10.1. The van der Waals surface area contributed by atoms with Crippen LogP contribution in [0.5, 0.6) is 5.75 Å².